The zero-order valence-electron chi connectivity index (χ0n) is 12.1. The van der Waals surface area contributed by atoms with Crippen molar-refractivity contribution in [1.29, 1.82) is 0 Å². The lowest BCUT2D eigenvalue weighted by Gasteiger charge is -2.25. The van der Waals surface area contributed by atoms with Gasteiger partial charge in [0.25, 0.3) is 0 Å². The minimum Gasteiger partial charge on any atom is -0.508 e. The van der Waals surface area contributed by atoms with Crippen LogP contribution in [0, 0.1) is 0 Å². The SMILES string of the molecule is CCCCc1nnc2n1N1C(=CS[C@@H]1c1ccc(O)cc1)S2. The van der Waals surface area contributed by atoms with Crippen LogP contribution in [0.1, 0.15) is 36.5 Å². The summed E-state index contributed by atoms with van der Waals surface area (Å²) in [6, 6.07) is 7.43. The fourth-order valence-corrected chi connectivity index (χ4v) is 4.89. The molecule has 0 saturated carbocycles. The molecule has 7 heteroatoms. The van der Waals surface area contributed by atoms with Crippen LogP contribution in [-0.4, -0.2) is 20.0 Å². The number of nitrogens with zero attached hydrogens (tertiary/aromatic N) is 4. The van der Waals surface area contributed by atoms with Gasteiger partial charge in [0.2, 0.25) is 5.16 Å². The van der Waals surface area contributed by atoms with Crippen molar-refractivity contribution in [3.8, 4) is 5.75 Å². The highest BCUT2D eigenvalue weighted by atomic mass is 32.2. The Kier molecular flexibility index (Phi) is 3.54. The molecule has 2 aliphatic heterocycles. The van der Waals surface area contributed by atoms with Gasteiger partial charge >= 0.3 is 0 Å². The third-order valence-corrected chi connectivity index (χ3v) is 5.96. The summed E-state index contributed by atoms with van der Waals surface area (Å²) in [5.74, 6) is 1.32. The van der Waals surface area contributed by atoms with Gasteiger partial charge in [-0.15, -0.1) is 10.2 Å². The number of hydrogen-bond acceptors (Lipinski definition) is 6. The van der Waals surface area contributed by atoms with Crippen molar-refractivity contribution in [2.45, 2.75) is 36.7 Å². The fourth-order valence-electron chi connectivity index (χ4n) is 2.64. The molecule has 0 unspecified atom stereocenters. The van der Waals surface area contributed by atoms with E-state index in [0.29, 0.717) is 5.75 Å². The van der Waals surface area contributed by atoms with E-state index >= 15 is 0 Å². The number of aryl methyl sites for hydroxylation is 1. The average molecular weight is 332 g/mol. The molecular weight excluding hydrogens is 316 g/mol. The van der Waals surface area contributed by atoms with Gasteiger partial charge in [0.15, 0.2) is 5.82 Å². The molecule has 114 valence electrons. The first-order chi connectivity index (χ1) is 10.8. The van der Waals surface area contributed by atoms with Gasteiger partial charge in [-0.25, -0.2) is 4.68 Å². The molecule has 1 aromatic heterocycles. The molecule has 3 heterocycles. The lowest BCUT2D eigenvalue weighted by Crippen LogP contribution is -2.30. The maximum absolute atomic E-state index is 9.49. The predicted octanol–water partition coefficient (Wildman–Crippen LogP) is 3.61. The molecule has 1 N–H and O–H groups in total. The zero-order chi connectivity index (χ0) is 15.1. The topological polar surface area (TPSA) is 54.2 Å². The standard InChI is InChI=1S/C15H16N4OS2/c1-2-3-4-12-16-17-15-18(12)19-13(22-15)9-21-14(19)10-5-7-11(20)8-6-10/h5-9,14,20H,2-4H2,1H3/t14-/m1/s1. The maximum atomic E-state index is 9.49. The van der Waals surface area contributed by atoms with Crippen molar-refractivity contribution in [2.75, 3.05) is 5.01 Å². The molecular formula is C15H16N4OS2. The van der Waals surface area contributed by atoms with Crippen LogP contribution < -0.4 is 5.01 Å². The van der Waals surface area contributed by atoms with Crippen LogP contribution in [0.5, 0.6) is 5.75 Å². The summed E-state index contributed by atoms with van der Waals surface area (Å²) in [4.78, 5) is 0. The summed E-state index contributed by atoms with van der Waals surface area (Å²) >= 11 is 3.45. The molecule has 2 aliphatic rings. The van der Waals surface area contributed by atoms with Crippen LogP contribution in [0.4, 0.5) is 0 Å². The van der Waals surface area contributed by atoms with E-state index in [4.69, 9.17) is 0 Å². The number of thioether (sulfide) groups is 2. The molecule has 0 fully saturated rings. The minimum absolute atomic E-state index is 0.167. The molecule has 0 saturated heterocycles. The monoisotopic (exact) mass is 332 g/mol. The summed E-state index contributed by atoms with van der Waals surface area (Å²) in [6.45, 7) is 2.19. The Labute approximate surface area is 137 Å². The van der Waals surface area contributed by atoms with Gasteiger partial charge in [-0.3, -0.25) is 5.01 Å². The third-order valence-electron chi connectivity index (χ3n) is 3.77. The van der Waals surface area contributed by atoms with Crippen molar-refractivity contribution in [3.63, 3.8) is 0 Å². The van der Waals surface area contributed by atoms with Crippen LogP contribution in [-0.2, 0) is 6.42 Å². The van der Waals surface area contributed by atoms with Gasteiger partial charge in [-0.2, -0.15) is 0 Å². The highest BCUT2D eigenvalue weighted by Gasteiger charge is 2.39. The van der Waals surface area contributed by atoms with Crippen LogP contribution in [0.15, 0.2) is 39.9 Å². The largest absolute Gasteiger partial charge is 0.508 e. The van der Waals surface area contributed by atoms with Crippen molar-refractivity contribution >= 4 is 23.5 Å². The number of phenols is 1. The summed E-state index contributed by atoms with van der Waals surface area (Å²) < 4.78 is 2.16. The van der Waals surface area contributed by atoms with Crippen molar-refractivity contribution in [2.24, 2.45) is 0 Å². The average Bonchev–Trinajstić information content (AvgIpc) is 3.17. The van der Waals surface area contributed by atoms with Crippen molar-refractivity contribution < 1.29 is 5.11 Å². The van der Waals surface area contributed by atoms with Crippen LogP contribution >= 0.6 is 23.5 Å². The quantitative estimate of drug-likeness (QED) is 0.923. The van der Waals surface area contributed by atoms with Crippen LogP contribution in [0.3, 0.4) is 0 Å². The molecule has 4 rings (SSSR count). The second kappa shape index (κ2) is 5.55. The summed E-state index contributed by atoms with van der Waals surface area (Å²) in [6.07, 6.45) is 3.21. The van der Waals surface area contributed by atoms with E-state index in [9.17, 15) is 5.11 Å². The number of aromatic nitrogens is 3. The fraction of sp³-hybridized carbons (Fsp3) is 0.333. The van der Waals surface area contributed by atoms with E-state index in [1.165, 1.54) is 5.03 Å². The van der Waals surface area contributed by atoms with E-state index in [1.807, 2.05) is 12.1 Å². The number of fused-ring (bicyclic) bond motifs is 3. The number of hydrogen-bond donors (Lipinski definition) is 1. The van der Waals surface area contributed by atoms with Crippen molar-refractivity contribution in [3.05, 3.63) is 46.1 Å². The first kappa shape index (κ1) is 14.0. The second-order valence-corrected chi connectivity index (χ2v) is 7.24. The van der Waals surface area contributed by atoms with Gasteiger partial charge in [-0.05, 0) is 35.9 Å². The Hall–Kier alpha value is -1.60. The van der Waals surface area contributed by atoms with Crippen molar-refractivity contribution in [1.82, 2.24) is 14.9 Å². The number of aromatic hydroxyl groups is 1. The van der Waals surface area contributed by atoms with Gasteiger partial charge in [0, 0.05) is 11.8 Å². The lowest BCUT2D eigenvalue weighted by atomic mass is 10.2. The Morgan fingerprint density at radius 3 is 2.82 bits per heavy atom. The highest BCUT2D eigenvalue weighted by Crippen LogP contribution is 2.51. The Morgan fingerprint density at radius 1 is 1.23 bits per heavy atom. The third kappa shape index (κ3) is 2.19. The molecule has 0 bridgehead atoms. The maximum Gasteiger partial charge on any atom is 0.216 e. The molecule has 0 aliphatic carbocycles. The molecule has 1 aromatic carbocycles. The van der Waals surface area contributed by atoms with Gasteiger partial charge in [0.1, 0.15) is 16.2 Å². The Morgan fingerprint density at radius 2 is 2.05 bits per heavy atom. The molecule has 22 heavy (non-hydrogen) atoms. The van der Waals surface area contributed by atoms with E-state index in [1.54, 1.807) is 35.7 Å². The minimum atomic E-state index is 0.167. The van der Waals surface area contributed by atoms with Gasteiger partial charge < -0.3 is 5.11 Å². The summed E-state index contributed by atoms with van der Waals surface area (Å²) in [5, 5.41) is 24.9. The van der Waals surface area contributed by atoms with Crippen LogP contribution in [0.25, 0.3) is 0 Å². The Balaban J connectivity index is 1.69. The van der Waals surface area contributed by atoms with E-state index in [2.05, 4.69) is 32.2 Å². The molecule has 0 amide bonds. The Bertz CT molecular complexity index is 726. The second-order valence-electron chi connectivity index (χ2n) is 5.30. The molecule has 1 atom stereocenters. The van der Waals surface area contributed by atoms with E-state index in [0.717, 1.165) is 35.8 Å². The number of benzene rings is 1. The highest BCUT2D eigenvalue weighted by molar-refractivity contribution is 8.07. The normalized spacial score (nSPS) is 19.2. The molecule has 0 radical (unpaired) electrons. The van der Waals surface area contributed by atoms with Gasteiger partial charge in [0.05, 0.1) is 0 Å². The summed E-state index contributed by atoms with van der Waals surface area (Å²) in [5.41, 5.74) is 1.16. The molecule has 2 aromatic rings. The van der Waals surface area contributed by atoms with Gasteiger partial charge in [-0.1, -0.05) is 37.2 Å². The summed E-state index contributed by atoms with van der Waals surface area (Å²) in [7, 11) is 0. The lowest BCUT2D eigenvalue weighted by molar-refractivity contribution is 0.475. The number of rotatable bonds is 4. The molecule has 0 spiro atoms. The van der Waals surface area contributed by atoms with E-state index < -0.39 is 0 Å². The first-order valence-electron chi connectivity index (χ1n) is 7.34. The number of unbranched alkanes of at least 4 members (excludes halogenated alkanes) is 1. The van der Waals surface area contributed by atoms with Crippen LogP contribution in [0.2, 0.25) is 0 Å². The zero-order valence-corrected chi connectivity index (χ0v) is 13.8. The number of phenolic OH excluding ortho intramolecular Hbond substituents is 1. The van der Waals surface area contributed by atoms with E-state index in [-0.39, 0.29) is 5.37 Å². The smallest absolute Gasteiger partial charge is 0.216 e. The first-order valence-corrected chi connectivity index (χ1v) is 9.10. The molecule has 5 nitrogen and oxygen atoms in total. The predicted molar refractivity (Wildman–Crippen MR) is 89.2 cm³/mol.